The average molecular weight is 187 g/mol. The third-order valence-electron chi connectivity index (χ3n) is 2.47. The molecule has 0 aliphatic rings. The zero-order chi connectivity index (χ0) is 10.6. The lowest BCUT2D eigenvalue weighted by Gasteiger charge is -2.34. The Bertz CT molecular complexity index is 176. The standard InChI is InChI=1S/C10H21NO2/c1-7(2)8(11-5)10(3,4)9(12)13-6/h7-8,11H,1-6H3. The van der Waals surface area contributed by atoms with Gasteiger partial charge in [0, 0.05) is 6.04 Å². The SMILES string of the molecule is CNC(C(C)C)C(C)(C)C(=O)OC. The maximum atomic E-state index is 11.5. The highest BCUT2D eigenvalue weighted by molar-refractivity contribution is 5.76. The lowest BCUT2D eigenvalue weighted by Crippen LogP contribution is -2.48. The average Bonchev–Trinajstić information content (AvgIpc) is 2.02. The molecule has 1 unspecified atom stereocenters. The summed E-state index contributed by atoms with van der Waals surface area (Å²) < 4.78 is 4.77. The van der Waals surface area contributed by atoms with Crippen LogP contribution in [0.15, 0.2) is 0 Å². The third-order valence-corrected chi connectivity index (χ3v) is 2.47. The second kappa shape index (κ2) is 4.61. The van der Waals surface area contributed by atoms with Crippen LogP contribution < -0.4 is 5.32 Å². The van der Waals surface area contributed by atoms with E-state index in [1.54, 1.807) is 0 Å². The second-order valence-electron chi connectivity index (χ2n) is 4.22. The molecule has 0 saturated carbocycles. The molecule has 3 nitrogen and oxygen atoms in total. The topological polar surface area (TPSA) is 38.3 Å². The van der Waals surface area contributed by atoms with E-state index < -0.39 is 5.41 Å². The summed E-state index contributed by atoms with van der Waals surface area (Å²) in [6, 6.07) is 0.139. The van der Waals surface area contributed by atoms with Gasteiger partial charge in [-0.05, 0) is 26.8 Å². The van der Waals surface area contributed by atoms with Crippen LogP contribution in [0.1, 0.15) is 27.7 Å². The smallest absolute Gasteiger partial charge is 0.312 e. The van der Waals surface area contributed by atoms with Crippen LogP contribution in [0.4, 0.5) is 0 Å². The molecular formula is C10H21NO2. The molecule has 0 aliphatic heterocycles. The number of hydrogen-bond donors (Lipinski definition) is 1. The summed E-state index contributed by atoms with van der Waals surface area (Å²) in [5.74, 6) is 0.236. The summed E-state index contributed by atoms with van der Waals surface area (Å²) in [6.07, 6.45) is 0. The third kappa shape index (κ3) is 2.69. The Hall–Kier alpha value is -0.570. The minimum Gasteiger partial charge on any atom is -0.469 e. The lowest BCUT2D eigenvalue weighted by molar-refractivity contribution is -0.153. The van der Waals surface area contributed by atoms with Crippen molar-refractivity contribution in [1.82, 2.24) is 5.32 Å². The van der Waals surface area contributed by atoms with Gasteiger partial charge in [-0.3, -0.25) is 4.79 Å². The molecule has 0 aromatic heterocycles. The van der Waals surface area contributed by atoms with E-state index in [1.807, 2.05) is 20.9 Å². The largest absolute Gasteiger partial charge is 0.469 e. The van der Waals surface area contributed by atoms with E-state index in [1.165, 1.54) is 7.11 Å². The lowest BCUT2D eigenvalue weighted by atomic mass is 9.78. The van der Waals surface area contributed by atoms with Gasteiger partial charge < -0.3 is 10.1 Å². The Kier molecular flexibility index (Phi) is 4.40. The van der Waals surface area contributed by atoms with Crippen LogP contribution in [-0.2, 0) is 9.53 Å². The molecule has 0 aromatic carbocycles. The molecular weight excluding hydrogens is 166 g/mol. The quantitative estimate of drug-likeness (QED) is 0.677. The first kappa shape index (κ1) is 12.4. The van der Waals surface area contributed by atoms with Crippen molar-refractivity contribution in [3.05, 3.63) is 0 Å². The Morgan fingerprint density at radius 3 is 2.08 bits per heavy atom. The van der Waals surface area contributed by atoms with Gasteiger partial charge in [-0.15, -0.1) is 0 Å². The maximum Gasteiger partial charge on any atom is 0.312 e. The van der Waals surface area contributed by atoms with Crippen LogP contribution in [0.3, 0.4) is 0 Å². The molecule has 0 radical (unpaired) electrons. The van der Waals surface area contributed by atoms with Crippen molar-refractivity contribution in [1.29, 1.82) is 0 Å². The van der Waals surface area contributed by atoms with Gasteiger partial charge in [-0.25, -0.2) is 0 Å². The van der Waals surface area contributed by atoms with E-state index in [4.69, 9.17) is 4.74 Å². The number of ether oxygens (including phenoxy) is 1. The molecule has 1 N–H and O–H groups in total. The van der Waals surface area contributed by atoms with E-state index in [2.05, 4.69) is 19.2 Å². The van der Waals surface area contributed by atoms with Crippen molar-refractivity contribution >= 4 is 5.97 Å². The highest BCUT2D eigenvalue weighted by atomic mass is 16.5. The first-order valence-electron chi connectivity index (χ1n) is 4.63. The van der Waals surface area contributed by atoms with Crippen LogP contribution in [0.25, 0.3) is 0 Å². The summed E-state index contributed by atoms with van der Waals surface area (Å²) in [4.78, 5) is 11.5. The summed E-state index contributed by atoms with van der Waals surface area (Å²) in [6.45, 7) is 7.98. The molecule has 0 aromatic rings. The van der Waals surface area contributed by atoms with E-state index in [-0.39, 0.29) is 12.0 Å². The van der Waals surface area contributed by atoms with Crippen LogP contribution in [-0.4, -0.2) is 26.2 Å². The van der Waals surface area contributed by atoms with Crippen molar-refractivity contribution in [3.63, 3.8) is 0 Å². The Balaban J connectivity index is 4.66. The normalized spacial score (nSPS) is 14.4. The van der Waals surface area contributed by atoms with Crippen molar-refractivity contribution in [2.75, 3.05) is 14.2 Å². The summed E-state index contributed by atoms with van der Waals surface area (Å²) in [7, 11) is 3.30. The first-order chi connectivity index (χ1) is 5.87. The zero-order valence-corrected chi connectivity index (χ0v) is 9.47. The molecule has 0 aliphatic carbocycles. The number of carbonyl (C=O) groups is 1. The first-order valence-corrected chi connectivity index (χ1v) is 4.63. The number of hydrogen-bond acceptors (Lipinski definition) is 3. The molecule has 1 atom stereocenters. The predicted molar refractivity (Wildman–Crippen MR) is 53.5 cm³/mol. The van der Waals surface area contributed by atoms with Crippen molar-refractivity contribution in [2.45, 2.75) is 33.7 Å². The van der Waals surface area contributed by atoms with E-state index in [9.17, 15) is 4.79 Å². The summed E-state index contributed by atoms with van der Waals surface area (Å²) in [5, 5.41) is 3.16. The van der Waals surface area contributed by atoms with E-state index >= 15 is 0 Å². The number of esters is 1. The van der Waals surface area contributed by atoms with Crippen molar-refractivity contribution in [3.8, 4) is 0 Å². The molecule has 0 rings (SSSR count). The fourth-order valence-electron chi connectivity index (χ4n) is 1.92. The highest BCUT2D eigenvalue weighted by Gasteiger charge is 2.38. The number of methoxy groups -OCH3 is 1. The minimum absolute atomic E-state index is 0.139. The van der Waals surface area contributed by atoms with Crippen LogP contribution in [0, 0.1) is 11.3 Å². The van der Waals surface area contributed by atoms with Gasteiger partial charge in [-0.2, -0.15) is 0 Å². The van der Waals surface area contributed by atoms with Gasteiger partial charge in [0.2, 0.25) is 0 Å². The molecule has 13 heavy (non-hydrogen) atoms. The molecule has 0 saturated heterocycles. The molecule has 0 spiro atoms. The molecule has 0 bridgehead atoms. The highest BCUT2D eigenvalue weighted by Crippen LogP contribution is 2.27. The fourth-order valence-corrected chi connectivity index (χ4v) is 1.92. The van der Waals surface area contributed by atoms with Crippen molar-refractivity contribution < 1.29 is 9.53 Å². The zero-order valence-electron chi connectivity index (χ0n) is 9.47. The molecule has 78 valence electrons. The summed E-state index contributed by atoms with van der Waals surface area (Å²) in [5.41, 5.74) is -0.475. The van der Waals surface area contributed by atoms with Gasteiger partial charge >= 0.3 is 5.97 Å². The molecule has 3 heteroatoms. The van der Waals surface area contributed by atoms with Gasteiger partial charge in [0.25, 0.3) is 0 Å². The summed E-state index contributed by atoms with van der Waals surface area (Å²) >= 11 is 0. The predicted octanol–water partition coefficient (Wildman–Crippen LogP) is 1.43. The maximum absolute atomic E-state index is 11.5. The number of carbonyl (C=O) groups excluding carboxylic acids is 1. The van der Waals surface area contributed by atoms with Gasteiger partial charge in [-0.1, -0.05) is 13.8 Å². The van der Waals surface area contributed by atoms with Crippen LogP contribution >= 0.6 is 0 Å². The van der Waals surface area contributed by atoms with Gasteiger partial charge in [0.1, 0.15) is 0 Å². The molecule has 0 amide bonds. The van der Waals surface area contributed by atoms with E-state index in [0.717, 1.165) is 0 Å². The second-order valence-corrected chi connectivity index (χ2v) is 4.22. The minimum atomic E-state index is -0.475. The Morgan fingerprint density at radius 1 is 1.38 bits per heavy atom. The van der Waals surface area contributed by atoms with Gasteiger partial charge in [0.05, 0.1) is 12.5 Å². The fraction of sp³-hybridized carbons (Fsp3) is 0.900. The van der Waals surface area contributed by atoms with Gasteiger partial charge in [0.15, 0.2) is 0 Å². The number of rotatable bonds is 4. The Labute approximate surface area is 80.8 Å². The monoisotopic (exact) mass is 187 g/mol. The molecule has 0 heterocycles. The van der Waals surface area contributed by atoms with Crippen LogP contribution in [0.2, 0.25) is 0 Å². The number of nitrogens with one attached hydrogen (secondary N) is 1. The van der Waals surface area contributed by atoms with Crippen LogP contribution in [0.5, 0.6) is 0 Å². The van der Waals surface area contributed by atoms with Crippen molar-refractivity contribution in [2.24, 2.45) is 11.3 Å². The Morgan fingerprint density at radius 2 is 1.85 bits per heavy atom. The molecule has 0 fully saturated rings. The van der Waals surface area contributed by atoms with E-state index in [0.29, 0.717) is 5.92 Å².